The first kappa shape index (κ1) is 19.5. The quantitative estimate of drug-likeness (QED) is 0.784. The Hall–Kier alpha value is -1.77. The molecule has 28 heavy (non-hydrogen) atoms. The molecule has 2 aliphatic rings. The molecule has 1 N–H and O–H groups in total. The molecule has 4 atom stereocenters. The van der Waals surface area contributed by atoms with Crippen molar-refractivity contribution in [1.82, 2.24) is 0 Å². The zero-order valence-corrected chi connectivity index (χ0v) is 16.0. The zero-order valence-electron chi connectivity index (χ0n) is 14.4. The van der Waals surface area contributed by atoms with E-state index in [2.05, 4.69) is 0 Å². The second kappa shape index (κ2) is 6.64. The molecular weight excluding hydrogens is 417 g/mol. The molecule has 1 saturated carbocycles. The maximum absolute atomic E-state index is 15.0. The highest BCUT2D eigenvalue weighted by Gasteiger charge is 2.63. The lowest BCUT2D eigenvalue weighted by Crippen LogP contribution is -2.58. The molecule has 1 heterocycles. The summed E-state index contributed by atoms with van der Waals surface area (Å²) >= 11 is 5.84. The van der Waals surface area contributed by atoms with E-state index >= 15 is 0 Å². The van der Waals surface area contributed by atoms with Crippen LogP contribution in [0, 0.1) is 17.6 Å². The van der Waals surface area contributed by atoms with Gasteiger partial charge in [-0.1, -0.05) is 11.6 Å². The van der Waals surface area contributed by atoms with Crippen LogP contribution in [-0.4, -0.2) is 32.4 Å². The van der Waals surface area contributed by atoms with Crippen LogP contribution in [0.3, 0.4) is 0 Å². The average Bonchev–Trinajstić information content (AvgIpc) is 2.67. The number of fused-ring (bicyclic) bond motifs is 3. The summed E-state index contributed by atoms with van der Waals surface area (Å²) in [5, 5.41) is 10.3. The van der Waals surface area contributed by atoms with Crippen LogP contribution in [0.5, 0.6) is 5.75 Å². The molecule has 0 amide bonds. The maximum Gasteiger partial charge on any atom is 0.188 e. The third-order valence-corrected chi connectivity index (χ3v) is 8.47. The van der Waals surface area contributed by atoms with Crippen LogP contribution in [-0.2, 0) is 14.6 Å². The largest absolute Gasteiger partial charge is 0.490 e. The Balaban J connectivity index is 2.04. The Bertz CT molecular complexity index is 1030. The van der Waals surface area contributed by atoms with Gasteiger partial charge in [0.15, 0.2) is 21.4 Å². The minimum Gasteiger partial charge on any atom is -0.490 e. The first-order chi connectivity index (χ1) is 13.2. The topological polar surface area (TPSA) is 63.6 Å². The third kappa shape index (κ3) is 2.58. The third-order valence-electron chi connectivity index (χ3n) is 5.66. The molecule has 4 nitrogen and oxygen atoms in total. The highest BCUT2D eigenvalue weighted by Crippen LogP contribution is 2.57. The second-order valence-electron chi connectivity index (χ2n) is 7.05. The summed E-state index contributed by atoms with van der Waals surface area (Å²) in [5.74, 6) is -3.86. The van der Waals surface area contributed by atoms with Crippen molar-refractivity contribution in [1.29, 1.82) is 0 Å². The normalized spacial score (nSPS) is 29.5. The second-order valence-corrected chi connectivity index (χ2v) is 9.69. The number of alkyl halides is 1. The van der Waals surface area contributed by atoms with E-state index in [1.54, 1.807) is 0 Å². The number of sulfone groups is 1. The van der Waals surface area contributed by atoms with Gasteiger partial charge in [-0.25, -0.2) is 21.6 Å². The van der Waals surface area contributed by atoms with Gasteiger partial charge in [-0.05, 0) is 49.2 Å². The van der Waals surface area contributed by atoms with Crippen molar-refractivity contribution in [3.05, 3.63) is 58.6 Å². The lowest BCUT2D eigenvalue weighted by atomic mass is 9.71. The number of hydrogen-bond donors (Lipinski definition) is 1. The fourth-order valence-electron chi connectivity index (χ4n) is 4.30. The summed E-state index contributed by atoms with van der Waals surface area (Å²) < 4.78 is 74.7. The van der Waals surface area contributed by atoms with Gasteiger partial charge in [0.1, 0.15) is 16.7 Å². The number of aliphatic hydroxyl groups is 1. The van der Waals surface area contributed by atoms with E-state index in [9.17, 15) is 26.7 Å². The van der Waals surface area contributed by atoms with E-state index in [4.69, 9.17) is 16.3 Å². The Kier molecular flexibility index (Phi) is 4.63. The van der Waals surface area contributed by atoms with Crippen molar-refractivity contribution in [2.24, 2.45) is 5.92 Å². The monoisotopic (exact) mass is 432 g/mol. The Morgan fingerprint density at radius 1 is 1.11 bits per heavy atom. The van der Waals surface area contributed by atoms with E-state index in [0.29, 0.717) is 5.02 Å². The fourth-order valence-corrected chi connectivity index (χ4v) is 6.79. The van der Waals surface area contributed by atoms with Crippen molar-refractivity contribution < 1.29 is 31.4 Å². The molecule has 1 aliphatic carbocycles. The zero-order chi connectivity index (χ0) is 20.3. The molecule has 2 aromatic carbocycles. The standard InChI is InChI=1S/C19H16ClF3O4S/c20-10-1-3-11(4-2-10)28(25,26)19-8-7-15(24)17(23)12(19)9-27-18-14(22)6-5-13(21)16(18)19/h1-6,12,15,17,24H,7-9H2/t12-,15-,17-,19-/m0/s1. The van der Waals surface area contributed by atoms with Crippen molar-refractivity contribution >= 4 is 21.4 Å². The smallest absolute Gasteiger partial charge is 0.188 e. The number of hydrogen-bond acceptors (Lipinski definition) is 4. The van der Waals surface area contributed by atoms with Crippen LogP contribution in [0.1, 0.15) is 18.4 Å². The molecule has 1 aliphatic heterocycles. The Morgan fingerprint density at radius 2 is 1.75 bits per heavy atom. The molecule has 0 aromatic heterocycles. The Morgan fingerprint density at radius 3 is 2.43 bits per heavy atom. The van der Waals surface area contributed by atoms with Crippen LogP contribution in [0.25, 0.3) is 0 Å². The Labute approximate surface area is 164 Å². The summed E-state index contributed by atoms with van der Waals surface area (Å²) in [5.41, 5.74) is -0.520. The van der Waals surface area contributed by atoms with Crippen molar-refractivity contribution in [3.63, 3.8) is 0 Å². The van der Waals surface area contributed by atoms with Gasteiger partial charge in [-0.3, -0.25) is 0 Å². The van der Waals surface area contributed by atoms with Gasteiger partial charge < -0.3 is 9.84 Å². The van der Waals surface area contributed by atoms with E-state index in [1.807, 2.05) is 0 Å². The summed E-state index contributed by atoms with van der Waals surface area (Å²) in [6.07, 6.45) is -3.90. The maximum atomic E-state index is 15.0. The van der Waals surface area contributed by atoms with Crippen molar-refractivity contribution in [2.45, 2.75) is 34.8 Å². The van der Waals surface area contributed by atoms with Gasteiger partial charge in [0.05, 0.1) is 29.1 Å². The highest BCUT2D eigenvalue weighted by molar-refractivity contribution is 7.92. The van der Waals surface area contributed by atoms with Gasteiger partial charge in [0.2, 0.25) is 0 Å². The van der Waals surface area contributed by atoms with Crippen LogP contribution in [0.2, 0.25) is 5.02 Å². The predicted octanol–water partition coefficient (Wildman–Crippen LogP) is 3.79. The molecule has 0 radical (unpaired) electrons. The molecule has 0 unspecified atom stereocenters. The SMILES string of the molecule is O=S(=O)(c1ccc(Cl)cc1)[C@@]12CC[C@H](O)[C@@H](F)[C@@H]1COc1c(F)ccc(F)c12. The summed E-state index contributed by atoms with van der Waals surface area (Å²) in [7, 11) is -4.41. The van der Waals surface area contributed by atoms with E-state index in [0.717, 1.165) is 12.1 Å². The number of aliphatic hydroxyl groups excluding tert-OH is 1. The van der Waals surface area contributed by atoms with Crippen LogP contribution < -0.4 is 4.74 Å². The minimum atomic E-state index is -4.41. The van der Waals surface area contributed by atoms with E-state index in [1.165, 1.54) is 24.3 Å². The van der Waals surface area contributed by atoms with Crippen LogP contribution >= 0.6 is 11.6 Å². The fraction of sp³-hybridized carbons (Fsp3) is 0.368. The predicted molar refractivity (Wildman–Crippen MR) is 95.8 cm³/mol. The molecule has 9 heteroatoms. The molecule has 150 valence electrons. The van der Waals surface area contributed by atoms with Gasteiger partial charge >= 0.3 is 0 Å². The summed E-state index contributed by atoms with van der Waals surface area (Å²) in [6.45, 7) is -0.502. The molecule has 0 spiro atoms. The number of halogens is 4. The molecule has 1 fully saturated rings. The molecule has 0 bridgehead atoms. The first-order valence-corrected chi connectivity index (χ1v) is 10.5. The molecular formula is C19H16ClF3O4S. The van der Waals surface area contributed by atoms with Crippen LogP contribution in [0.15, 0.2) is 41.3 Å². The molecule has 0 saturated heterocycles. The van der Waals surface area contributed by atoms with Gasteiger partial charge in [-0.2, -0.15) is 0 Å². The van der Waals surface area contributed by atoms with Crippen molar-refractivity contribution in [2.75, 3.05) is 6.61 Å². The van der Waals surface area contributed by atoms with Gasteiger partial charge in [0, 0.05) is 5.02 Å². The summed E-state index contributed by atoms with van der Waals surface area (Å²) in [6, 6.07) is 6.83. The van der Waals surface area contributed by atoms with Gasteiger partial charge in [0.25, 0.3) is 0 Å². The molecule has 2 aromatic rings. The van der Waals surface area contributed by atoms with E-state index < -0.39 is 62.3 Å². The number of ether oxygens (including phenoxy) is 1. The average molecular weight is 433 g/mol. The lowest BCUT2D eigenvalue weighted by molar-refractivity contribution is -0.0381. The van der Waals surface area contributed by atoms with Crippen LogP contribution in [0.4, 0.5) is 13.2 Å². The van der Waals surface area contributed by atoms with Gasteiger partial charge in [-0.15, -0.1) is 0 Å². The van der Waals surface area contributed by atoms with E-state index in [-0.39, 0.29) is 17.7 Å². The first-order valence-electron chi connectivity index (χ1n) is 8.64. The molecule has 4 rings (SSSR count). The summed E-state index contributed by atoms with van der Waals surface area (Å²) in [4.78, 5) is -0.193. The number of rotatable bonds is 2. The minimum absolute atomic E-state index is 0.193. The highest BCUT2D eigenvalue weighted by atomic mass is 35.5. The van der Waals surface area contributed by atoms with Crippen molar-refractivity contribution in [3.8, 4) is 5.75 Å². The lowest BCUT2D eigenvalue weighted by Gasteiger charge is -2.49. The number of benzene rings is 2.